The molecule has 1 fully saturated rings. The van der Waals surface area contributed by atoms with Crippen molar-refractivity contribution in [1.29, 1.82) is 0 Å². The Morgan fingerprint density at radius 3 is 2.29 bits per heavy atom. The fourth-order valence-corrected chi connectivity index (χ4v) is 1.67. The summed E-state index contributed by atoms with van der Waals surface area (Å²) in [6.45, 7) is -0.427. The van der Waals surface area contributed by atoms with Crippen LogP contribution in [0.15, 0.2) is 23.3 Å². The summed E-state index contributed by atoms with van der Waals surface area (Å²) in [6.07, 6.45) is -1.68. The summed E-state index contributed by atoms with van der Waals surface area (Å²) in [5, 5.41) is 28.1. The third-order valence-corrected chi connectivity index (χ3v) is 2.53. The topological polar surface area (TPSA) is 183 Å². The summed E-state index contributed by atoms with van der Waals surface area (Å²) in [6, 6.07) is 1.51. The van der Waals surface area contributed by atoms with Gasteiger partial charge in [0.1, 0.15) is 18.3 Å². The van der Waals surface area contributed by atoms with Crippen LogP contribution in [0.2, 0.25) is 0 Å². The van der Waals surface area contributed by atoms with Crippen molar-refractivity contribution in [3.63, 3.8) is 0 Å². The maximum atomic E-state index is 11.4. The van der Waals surface area contributed by atoms with Gasteiger partial charge in [-0.2, -0.15) is 0 Å². The van der Waals surface area contributed by atoms with Crippen LogP contribution in [0.1, 0.15) is 6.23 Å². The molecule has 2 rings (SSSR count). The largest absolute Gasteiger partial charge is 0.466 e. The number of phosphoric acid groups is 1. The standard InChI is InChI=1S/C9H12N2O5.H3O4P/c12-4-5-6(13)7(14)8(16-5)11-3-1-2-10-9(11)15;1-5(2,3)4/h1-3,5-8,12-14H,4H2;(H3,1,2,3,4)/t5-,6-,7-,8-;/m1./s1. The molecule has 120 valence electrons. The number of aliphatic hydroxyl groups is 3. The van der Waals surface area contributed by atoms with Gasteiger partial charge >= 0.3 is 13.5 Å². The van der Waals surface area contributed by atoms with Gasteiger partial charge in [0, 0.05) is 12.4 Å². The molecule has 0 aromatic carbocycles. The molecule has 0 aliphatic carbocycles. The molecule has 12 heteroatoms. The molecule has 2 heterocycles. The van der Waals surface area contributed by atoms with Crippen molar-refractivity contribution in [2.75, 3.05) is 6.61 Å². The SMILES string of the molecule is O=P(O)(O)O.O=c1ncccn1[C@@H]1O[C@H](CO)[C@@H](O)[C@H]1O. The molecule has 11 nitrogen and oxygen atoms in total. The number of aromatic nitrogens is 2. The molecule has 6 N–H and O–H groups in total. The highest BCUT2D eigenvalue weighted by Gasteiger charge is 2.43. The molecule has 1 aromatic heterocycles. The van der Waals surface area contributed by atoms with Crippen molar-refractivity contribution < 1.29 is 39.3 Å². The predicted molar refractivity (Wildman–Crippen MR) is 65.8 cm³/mol. The van der Waals surface area contributed by atoms with Crippen molar-refractivity contribution in [3.8, 4) is 0 Å². The fourth-order valence-electron chi connectivity index (χ4n) is 1.67. The Bertz CT molecular complexity index is 550. The van der Waals surface area contributed by atoms with Gasteiger partial charge in [0.2, 0.25) is 0 Å². The molecular weight excluding hydrogens is 311 g/mol. The van der Waals surface area contributed by atoms with Crippen LogP contribution in [0.4, 0.5) is 0 Å². The van der Waals surface area contributed by atoms with Gasteiger partial charge in [-0.05, 0) is 6.07 Å². The molecule has 0 unspecified atom stereocenters. The van der Waals surface area contributed by atoms with Gasteiger partial charge in [-0.15, -0.1) is 0 Å². The Balaban J connectivity index is 0.000000383. The molecule has 21 heavy (non-hydrogen) atoms. The molecule has 1 aliphatic heterocycles. The van der Waals surface area contributed by atoms with Gasteiger partial charge in [0.25, 0.3) is 0 Å². The van der Waals surface area contributed by atoms with Gasteiger partial charge in [-0.1, -0.05) is 0 Å². The van der Waals surface area contributed by atoms with Crippen molar-refractivity contribution >= 4 is 7.82 Å². The van der Waals surface area contributed by atoms with Crippen LogP contribution < -0.4 is 5.69 Å². The fraction of sp³-hybridized carbons (Fsp3) is 0.556. The molecule has 0 bridgehead atoms. The van der Waals surface area contributed by atoms with E-state index < -0.39 is 44.7 Å². The Morgan fingerprint density at radius 1 is 1.29 bits per heavy atom. The first kappa shape index (κ1) is 17.9. The maximum absolute atomic E-state index is 11.4. The Kier molecular flexibility index (Phi) is 6.13. The van der Waals surface area contributed by atoms with Crippen LogP contribution in [0.3, 0.4) is 0 Å². The number of hydrogen-bond acceptors (Lipinski definition) is 7. The van der Waals surface area contributed by atoms with Gasteiger partial charge in [-0.25, -0.2) is 14.3 Å². The molecule has 0 radical (unpaired) electrons. The molecule has 1 aliphatic rings. The van der Waals surface area contributed by atoms with Crippen molar-refractivity contribution in [2.45, 2.75) is 24.5 Å². The minimum atomic E-state index is -4.64. The van der Waals surface area contributed by atoms with E-state index in [1.165, 1.54) is 18.5 Å². The van der Waals surface area contributed by atoms with Gasteiger partial charge in [0.05, 0.1) is 6.61 Å². The lowest BCUT2D eigenvalue weighted by atomic mass is 10.1. The summed E-state index contributed by atoms with van der Waals surface area (Å²) in [4.78, 5) is 36.4. The van der Waals surface area contributed by atoms with E-state index in [0.29, 0.717) is 0 Å². The lowest BCUT2D eigenvalue weighted by Gasteiger charge is -2.16. The summed E-state index contributed by atoms with van der Waals surface area (Å²) >= 11 is 0. The summed E-state index contributed by atoms with van der Waals surface area (Å²) in [5.41, 5.74) is -0.586. The smallest absolute Gasteiger partial charge is 0.394 e. The lowest BCUT2D eigenvalue weighted by molar-refractivity contribution is -0.0549. The van der Waals surface area contributed by atoms with E-state index >= 15 is 0 Å². The predicted octanol–water partition coefficient (Wildman–Crippen LogP) is -3.07. The van der Waals surface area contributed by atoms with Crippen LogP contribution >= 0.6 is 7.82 Å². The number of rotatable bonds is 2. The zero-order valence-electron chi connectivity index (χ0n) is 10.5. The molecule has 1 aromatic rings. The van der Waals surface area contributed by atoms with E-state index in [2.05, 4.69) is 4.98 Å². The second-order valence-corrected chi connectivity index (χ2v) is 5.08. The molecular formula is C9H15N2O9P. The van der Waals surface area contributed by atoms with Crippen LogP contribution in [0, 0.1) is 0 Å². The van der Waals surface area contributed by atoms with Gasteiger partial charge in [-0.3, -0.25) is 4.57 Å². The second-order valence-electron chi connectivity index (χ2n) is 4.05. The van der Waals surface area contributed by atoms with Crippen LogP contribution in [-0.2, 0) is 9.30 Å². The number of ether oxygens (including phenoxy) is 1. The maximum Gasteiger partial charge on any atom is 0.466 e. The zero-order valence-corrected chi connectivity index (χ0v) is 11.4. The first-order valence-corrected chi connectivity index (χ1v) is 7.15. The summed E-state index contributed by atoms with van der Waals surface area (Å²) in [5.74, 6) is 0. The molecule has 0 amide bonds. The molecule has 0 saturated carbocycles. The monoisotopic (exact) mass is 326 g/mol. The number of nitrogens with zero attached hydrogens (tertiary/aromatic N) is 2. The van der Waals surface area contributed by atoms with Crippen LogP contribution in [-0.4, -0.2) is 64.5 Å². The first-order chi connectivity index (χ1) is 9.65. The van der Waals surface area contributed by atoms with E-state index in [0.717, 1.165) is 4.57 Å². The molecule has 4 atom stereocenters. The highest BCUT2D eigenvalue weighted by Crippen LogP contribution is 2.27. The van der Waals surface area contributed by atoms with Crippen molar-refractivity contribution in [3.05, 3.63) is 28.9 Å². The Morgan fingerprint density at radius 2 is 1.86 bits per heavy atom. The van der Waals surface area contributed by atoms with E-state index in [4.69, 9.17) is 29.1 Å². The average molecular weight is 326 g/mol. The zero-order chi connectivity index (χ0) is 16.2. The van der Waals surface area contributed by atoms with E-state index in [1.54, 1.807) is 0 Å². The third kappa shape index (κ3) is 5.26. The van der Waals surface area contributed by atoms with E-state index in [1.807, 2.05) is 0 Å². The van der Waals surface area contributed by atoms with Crippen molar-refractivity contribution in [2.24, 2.45) is 0 Å². The first-order valence-electron chi connectivity index (χ1n) is 5.59. The minimum Gasteiger partial charge on any atom is -0.394 e. The van der Waals surface area contributed by atoms with Gasteiger partial charge in [0.15, 0.2) is 6.23 Å². The quantitative estimate of drug-likeness (QED) is 0.305. The summed E-state index contributed by atoms with van der Waals surface area (Å²) < 4.78 is 15.1. The van der Waals surface area contributed by atoms with Gasteiger partial charge < -0.3 is 34.7 Å². The van der Waals surface area contributed by atoms with Crippen LogP contribution in [0.25, 0.3) is 0 Å². The Labute approximate surface area is 117 Å². The minimum absolute atomic E-state index is 0.427. The third-order valence-electron chi connectivity index (χ3n) is 2.53. The highest BCUT2D eigenvalue weighted by molar-refractivity contribution is 7.45. The average Bonchev–Trinajstić information content (AvgIpc) is 2.65. The summed E-state index contributed by atoms with van der Waals surface area (Å²) in [7, 11) is -4.64. The molecule has 1 saturated heterocycles. The lowest BCUT2D eigenvalue weighted by Crippen LogP contribution is -2.35. The second kappa shape index (κ2) is 7.20. The normalized spacial score (nSPS) is 28.9. The van der Waals surface area contributed by atoms with E-state index in [-0.39, 0.29) is 0 Å². The highest BCUT2D eigenvalue weighted by atomic mass is 31.2. The number of hydrogen-bond donors (Lipinski definition) is 6. The van der Waals surface area contributed by atoms with E-state index in [9.17, 15) is 15.0 Å². The Hall–Kier alpha value is -1.17. The number of aliphatic hydroxyl groups excluding tert-OH is 3. The van der Waals surface area contributed by atoms with Crippen LogP contribution in [0.5, 0.6) is 0 Å². The molecule has 0 spiro atoms. The van der Waals surface area contributed by atoms with Crippen molar-refractivity contribution in [1.82, 2.24) is 9.55 Å².